The quantitative estimate of drug-likeness (QED) is 0.654. The molecule has 2 saturated heterocycles. The van der Waals surface area contributed by atoms with Crippen LogP contribution in [0.2, 0.25) is 0 Å². The average Bonchev–Trinajstić information content (AvgIpc) is 2.78. The molecule has 0 N–H and O–H groups in total. The van der Waals surface area contributed by atoms with Gasteiger partial charge in [0.05, 0.1) is 7.11 Å². The Bertz CT molecular complexity index is 662. The third kappa shape index (κ3) is 6.20. The zero-order valence-corrected chi connectivity index (χ0v) is 17.8. The highest BCUT2D eigenvalue weighted by Gasteiger charge is 2.24. The first-order valence-corrected chi connectivity index (χ1v) is 10.9. The number of piperidine rings is 2. The lowest BCUT2D eigenvalue weighted by Crippen LogP contribution is -2.43. The Morgan fingerprint density at radius 1 is 1.03 bits per heavy atom. The number of ether oxygens (including phenoxy) is 2. The zero-order chi connectivity index (χ0) is 20.6. The van der Waals surface area contributed by atoms with Gasteiger partial charge in [0.2, 0.25) is 0 Å². The van der Waals surface area contributed by atoms with Crippen LogP contribution >= 0.6 is 0 Å². The fraction of sp³-hybridized carbons (Fsp3) is 0.652. The molecule has 1 aromatic carbocycles. The summed E-state index contributed by atoms with van der Waals surface area (Å²) >= 11 is 0. The van der Waals surface area contributed by atoms with Crippen LogP contribution in [0.4, 0.5) is 0 Å². The minimum absolute atomic E-state index is 0.130. The molecule has 1 amide bonds. The summed E-state index contributed by atoms with van der Waals surface area (Å²) in [5.74, 6) is 0.820. The molecule has 0 aliphatic carbocycles. The molecule has 3 rings (SSSR count). The van der Waals surface area contributed by atoms with Gasteiger partial charge in [-0.3, -0.25) is 9.59 Å². The molecule has 6 nitrogen and oxygen atoms in total. The van der Waals surface area contributed by atoms with Crippen molar-refractivity contribution in [2.45, 2.75) is 64.0 Å². The Kier molecular flexibility index (Phi) is 7.92. The van der Waals surface area contributed by atoms with Crippen LogP contribution in [0, 0.1) is 0 Å². The maximum atomic E-state index is 12.6. The second-order valence-electron chi connectivity index (χ2n) is 8.19. The summed E-state index contributed by atoms with van der Waals surface area (Å²) in [6.45, 7) is 5.85. The lowest BCUT2D eigenvalue weighted by atomic mass is 10.0. The van der Waals surface area contributed by atoms with E-state index in [9.17, 15) is 9.59 Å². The third-order valence-corrected chi connectivity index (χ3v) is 6.14. The van der Waals surface area contributed by atoms with E-state index in [1.54, 1.807) is 0 Å². The number of rotatable bonds is 7. The highest BCUT2D eigenvalue weighted by molar-refractivity contribution is 5.94. The van der Waals surface area contributed by atoms with E-state index < -0.39 is 0 Å². The molecule has 2 aliphatic heterocycles. The molecular formula is C23H34N2O4. The molecule has 0 aromatic heterocycles. The maximum absolute atomic E-state index is 12.6. The van der Waals surface area contributed by atoms with Crippen molar-refractivity contribution in [2.24, 2.45) is 0 Å². The van der Waals surface area contributed by atoms with Crippen LogP contribution < -0.4 is 4.74 Å². The molecule has 6 heteroatoms. The second kappa shape index (κ2) is 10.6. The van der Waals surface area contributed by atoms with Crippen molar-refractivity contribution in [3.05, 3.63) is 29.8 Å². The van der Waals surface area contributed by atoms with Gasteiger partial charge in [-0.05, 0) is 69.7 Å². The summed E-state index contributed by atoms with van der Waals surface area (Å²) in [6, 6.07) is 7.98. The van der Waals surface area contributed by atoms with Crippen molar-refractivity contribution in [1.29, 1.82) is 0 Å². The lowest BCUT2D eigenvalue weighted by Gasteiger charge is -2.36. The van der Waals surface area contributed by atoms with E-state index in [-0.39, 0.29) is 18.0 Å². The van der Waals surface area contributed by atoms with Gasteiger partial charge in [0, 0.05) is 44.2 Å². The topological polar surface area (TPSA) is 59.1 Å². The number of nitrogens with zero attached hydrogens (tertiary/aromatic N) is 2. The van der Waals surface area contributed by atoms with Crippen molar-refractivity contribution in [3.63, 3.8) is 0 Å². The normalized spacial score (nSPS) is 19.6. The number of carbonyl (C=O) groups is 2. The Hall–Kier alpha value is -2.08. The largest absolute Gasteiger partial charge is 0.490 e. The second-order valence-corrected chi connectivity index (χ2v) is 8.19. The predicted octanol–water partition coefficient (Wildman–Crippen LogP) is 3.50. The summed E-state index contributed by atoms with van der Waals surface area (Å²) < 4.78 is 10.9. The van der Waals surface area contributed by atoms with Crippen molar-refractivity contribution < 1.29 is 19.1 Å². The van der Waals surface area contributed by atoms with E-state index >= 15 is 0 Å². The Balaban J connectivity index is 1.43. The zero-order valence-electron chi connectivity index (χ0n) is 17.8. The minimum Gasteiger partial charge on any atom is -0.490 e. The molecule has 0 bridgehead atoms. The standard InChI is InChI=1S/C23H34N2O4/c1-18(6-11-22(26)28-2)24-16-12-21(13-17-24)29-20-9-7-19(8-10-20)23(27)25-14-4-3-5-15-25/h7-10,18,21H,3-6,11-17H2,1-2H3/t18-/m0/s1. The summed E-state index contributed by atoms with van der Waals surface area (Å²) in [5, 5.41) is 0. The smallest absolute Gasteiger partial charge is 0.305 e. The van der Waals surface area contributed by atoms with E-state index in [4.69, 9.17) is 9.47 Å². The SMILES string of the molecule is COC(=O)CC[C@H](C)N1CCC(Oc2ccc(C(=O)N3CCCCC3)cc2)CC1. The van der Waals surface area contributed by atoms with Gasteiger partial charge in [-0.25, -0.2) is 0 Å². The average molecular weight is 403 g/mol. The highest BCUT2D eigenvalue weighted by Crippen LogP contribution is 2.22. The molecule has 0 spiro atoms. The third-order valence-electron chi connectivity index (χ3n) is 6.14. The number of benzene rings is 1. The molecule has 0 unspecified atom stereocenters. The van der Waals surface area contributed by atoms with E-state index in [1.165, 1.54) is 13.5 Å². The first-order valence-electron chi connectivity index (χ1n) is 10.9. The first kappa shape index (κ1) is 21.6. The number of likely N-dealkylation sites (tertiary alicyclic amines) is 2. The van der Waals surface area contributed by atoms with Gasteiger partial charge in [-0.1, -0.05) is 0 Å². The highest BCUT2D eigenvalue weighted by atomic mass is 16.5. The molecule has 2 aliphatic rings. The van der Waals surface area contributed by atoms with Crippen molar-refractivity contribution in [1.82, 2.24) is 9.80 Å². The molecule has 1 aromatic rings. The van der Waals surface area contributed by atoms with Crippen molar-refractivity contribution in [2.75, 3.05) is 33.3 Å². The van der Waals surface area contributed by atoms with Gasteiger partial charge in [0.1, 0.15) is 11.9 Å². The van der Waals surface area contributed by atoms with E-state index in [2.05, 4.69) is 11.8 Å². The summed E-state index contributed by atoms with van der Waals surface area (Å²) in [7, 11) is 1.44. The van der Waals surface area contributed by atoms with Crippen LogP contribution in [0.1, 0.15) is 62.2 Å². The number of methoxy groups -OCH3 is 1. The summed E-state index contributed by atoms with van der Waals surface area (Å²) in [4.78, 5) is 28.3. The van der Waals surface area contributed by atoms with Crippen LogP contribution in [0.15, 0.2) is 24.3 Å². The van der Waals surface area contributed by atoms with Crippen LogP contribution in [0.25, 0.3) is 0 Å². The number of hydrogen-bond donors (Lipinski definition) is 0. The Morgan fingerprint density at radius 2 is 1.69 bits per heavy atom. The number of carbonyl (C=O) groups excluding carboxylic acids is 2. The van der Waals surface area contributed by atoms with E-state index in [0.717, 1.165) is 69.6 Å². The summed E-state index contributed by atoms with van der Waals surface area (Å²) in [6.07, 6.45) is 6.86. The fourth-order valence-electron chi connectivity index (χ4n) is 4.19. The van der Waals surface area contributed by atoms with Crippen molar-refractivity contribution in [3.8, 4) is 5.75 Å². The van der Waals surface area contributed by atoms with Gasteiger partial charge in [0.15, 0.2) is 0 Å². The first-order chi connectivity index (χ1) is 14.1. The van der Waals surface area contributed by atoms with Gasteiger partial charge in [-0.2, -0.15) is 0 Å². The van der Waals surface area contributed by atoms with Gasteiger partial charge >= 0.3 is 5.97 Å². The Morgan fingerprint density at radius 3 is 2.31 bits per heavy atom. The fourth-order valence-corrected chi connectivity index (χ4v) is 4.19. The molecule has 0 radical (unpaired) electrons. The molecule has 0 saturated carbocycles. The number of amides is 1. The van der Waals surface area contributed by atoms with Crippen LogP contribution in [-0.2, 0) is 9.53 Å². The van der Waals surface area contributed by atoms with Crippen LogP contribution in [0.5, 0.6) is 5.75 Å². The molecule has 160 valence electrons. The monoisotopic (exact) mass is 402 g/mol. The maximum Gasteiger partial charge on any atom is 0.305 e. The van der Waals surface area contributed by atoms with Crippen LogP contribution in [0.3, 0.4) is 0 Å². The minimum atomic E-state index is -0.141. The van der Waals surface area contributed by atoms with Gasteiger partial charge in [0.25, 0.3) is 5.91 Å². The van der Waals surface area contributed by atoms with Gasteiger partial charge in [-0.15, -0.1) is 0 Å². The summed E-state index contributed by atoms with van der Waals surface area (Å²) in [5.41, 5.74) is 0.744. The van der Waals surface area contributed by atoms with E-state index in [1.807, 2.05) is 29.2 Å². The van der Waals surface area contributed by atoms with Crippen molar-refractivity contribution >= 4 is 11.9 Å². The number of hydrogen-bond acceptors (Lipinski definition) is 5. The molecule has 2 fully saturated rings. The molecule has 2 heterocycles. The number of esters is 1. The molecule has 29 heavy (non-hydrogen) atoms. The lowest BCUT2D eigenvalue weighted by molar-refractivity contribution is -0.141. The Labute approximate surface area is 174 Å². The predicted molar refractivity (Wildman–Crippen MR) is 112 cm³/mol. The van der Waals surface area contributed by atoms with Gasteiger partial charge < -0.3 is 19.3 Å². The molecule has 1 atom stereocenters. The van der Waals surface area contributed by atoms with E-state index in [0.29, 0.717) is 12.5 Å². The van der Waals surface area contributed by atoms with Crippen LogP contribution in [-0.4, -0.2) is 67.1 Å². The molecular weight excluding hydrogens is 368 g/mol.